The maximum atomic E-state index is 6.07. The third-order valence-corrected chi connectivity index (χ3v) is 4.96. The summed E-state index contributed by atoms with van der Waals surface area (Å²) in [5, 5.41) is 0.685. The fourth-order valence-corrected chi connectivity index (χ4v) is 3.51. The third-order valence-electron chi connectivity index (χ3n) is 3.62. The molecule has 3 atom stereocenters. The van der Waals surface area contributed by atoms with Crippen molar-refractivity contribution >= 4 is 17.4 Å². The SMILES string of the molecule is CC1SCCN(c2ccccc2[C@H](C)N)C1C. The molecule has 2 N–H and O–H groups in total. The number of nitrogens with two attached hydrogens (primary N) is 1. The van der Waals surface area contributed by atoms with Gasteiger partial charge in [0.05, 0.1) is 0 Å². The van der Waals surface area contributed by atoms with Crippen LogP contribution in [0.3, 0.4) is 0 Å². The Morgan fingerprint density at radius 2 is 2.06 bits per heavy atom. The van der Waals surface area contributed by atoms with Gasteiger partial charge in [0, 0.05) is 35.3 Å². The molecule has 0 aromatic heterocycles. The van der Waals surface area contributed by atoms with Gasteiger partial charge in [-0.3, -0.25) is 0 Å². The molecule has 1 aliphatic heterocycles. The summed E-state index contributed by atoms with van der Waals surface area (Å²) in [5.74, 6) is 1.21. The van der Waals surface area contributed by atoms with E-state index in [-0.39, 0.29) is 6.04 Å². The van der Waals surface area contributed by atoms with E-state index in [4.69, 9.17) is 5.73 Å². The predicted octanol–water partition coefficient (Wildman–Crippen LogP) is 3.04. The van der Waals surface area contributed by atoms with E-state index in [2.05, 4.69) is 61.7 Å². The van der Waals surface area contributed by atoms with Gasteiger partial charge in [0.1, 0.15) is 0 Å². The first-order chi connectivity index (χ1) is 8.11. The lowest BCUT2D eigenvalue weighted by Gasteiger charge is -2.40. The van der Waals surface area contributed by atoms with Gasteiger partial charge in [-0.05, 0) is 25.5 Å². The quantitative estimate of drug-likeness (QED) is 0.875. The second-order valence-corrected chi connectivity index (χ2v) is 6.34. The molecule has 0 bridgehead atoms. The number of anilines is 1. The van der Waals surface area contributed by atoms with Gasteiger partial charge in [-0.25, -0.2) is 0 Å². The van der Waals surface area contributed by atoms with E-state index in [0.29, 0.717) is 11.3 Å². The van der Waals surface area contributed by atoms with Crippen LogP contribution in [0.2, 0.25) is 0 Å². The first kappa shape index (κ1) is 12.8. The van der Waals surface area contributed by atoms with Crippen LogP contribution in [-0.2, 0) is 0 Å². The fraction of sp³-hybridized carbons (Fsp3) is 0.571. The van der Waals surface area contributed by atoms with Gasteiger partial charge < -0.3 is 10.6 Å². The number of hydrogen-bond acceptors (Lipinski definition) is 3. The Morgan fingerprint density at radius 3 is 2.76 bits per heavy atom. The number of rotatable bonds is 2. The molecule has 94 valence electrons. The molecule has 1 aromatic carbocycles. The van der Waals surface area contributed by atoms with E-state index in [0.717, 1.165) is 6.54 Å². The molecule has 3 heteroatoms. The zero-order valence-electron chi connectivity index (χ0n) is 10.9. The van der Waals surface area contributed by atoms with Crippen LogP contribution in [0.1, 0.15) is 32.4 Å². The van der Waals surface area contributed by atoms with Crippen LogP contribution in [0.4, 0.5) is 5.69 Å². The molecule has 1 aliphatic rings. The van der Waals surface area contributed by atoms with Gasteiger partial charge in [-0.2, -0.15) is 11.8 Å². The molecular formula is C14H22N2S. The number of nitrogens with zero attached hydrogens (tertiary/aromatic N) is 1. The maximum absolute atomic E-state index is 6.07. The summed E-state index contributed by atoms with van der Waals surface area (Å²) in [6.07, 6.45) is 0. The zero-order valence-corrected chi connectivity index (χ0v) is 11.7. The molecule has 17 heavy (non-hydrogen) atoms. The highest BCUT2D eigenvalue weighted by Gasteiger charge is 2.26. The molecule has 0 saturated carbocycles. The summed E-state index contributed by atoms with van der Waals surface area (Å²) < 4.78 is 0. The Kier molecular flexibility index (Phi) is 4.00. The molecule has 0 radical (unpaired) electrons. The highest BCUT2D eigenvalue weighted by atomic mass is 32.2. The van der Waals surface area contributed by atoms with E-state index in [1.54, 1.807) is 0 Å². The molecule has 0 aliphatic carbocycles. The first-order valence-electron chi connectivity index (χ1n) is 6.34. The van der Waals surface area contributed by atoms with Gasteiger partial charge in [0.25, 0.3) is 0 Å². The standard InChI is InChI=1S/C14H22N2S/c1-10(15)13-6-4-5-7-14(13)16-8-9-17-12(3)11(16)2/h4-7,10-12H,8-9,15H2,1-3H3/t10-,11?,12?/m0/s1. The van der Waals surface area contributed by atoms with Crippen LogP contribution < -0.4 is 10.6 Å². The lowest BCUT2D eigenvalue weighted by Crippen LogP contribution is -2.45. The second kappa shape index (κ2) is 5.32. The smallest absolute Gasteiger partial charge is 0.0417 e. The molecule has 1 heterocycles. The lowest BCUT2D eigenvalue weighted by atomic mass is 10.0. The van der Waals surface area contributed by atoms with E-state index < -0.39 is 0 Å². The first-order valence-corrected chi connectivity index (χ1v) is 7.39. The van der Waals surface area contributed by atoms with Crippen molar-refractivity contribution in [3.8, 4) is 0 Å². The Labute approximate surface area is 109 Å². The van der Waals surface area contributed by atoms with Crippen molar-refractivity contribution in [2.75, 3.05) is 17.2 Å². The third kappa shape index (κ3) is 2.61. The Balaban J connectivity index is 2.32. The number of thioether (sulfide) groups is 1. The van der Waals surface area contributed by atoms with Crippen LogP contribution in [0.25, 0.3) is 0 Å². The average Bonchev–Trinajstić information content (AvgIpc) is 2.33. The normalized spacial score (nSPS) is 26.9. The predicted molar refractivity (Wildman–Crippen MR) is 77.8 cm³/mol. The summed E-state index contributed by atoms with van der Waals surface area (Å²) >= 11 is 2.07. The molecule has 1 aromatic rings. The minimum atomic E-state index is 0.100. The van der Waals surface area contributed by atoms with E-state index in [9.17, 15) is 0 Å². The topological polar surface area (TPSA) is 29.3 Å². The second-order valence-electron chi connectivity index (χ2n) is 4.86. The number of benzene rings is 1. The van der Waals surface area contributed by atoms with E-state index >= 15 is 0 Å². The highest BCUT2D eigenvalue weighted by molar-refractivity contribution is 8.00. The van der Waals surface area contributed by atoms with Gasteiger partial charge in [-0.1, -0.05) is 25.1 Å². The van der Waals surface area contributed by atoms with Gasteiger partial charge in [0.15, 0.2) is 0 Å². The molecule has 0 spiro atoms. The number of hydrogen-bond donors (Lipinski definition) is 1. The van der Waals surface area contributed by atoms with Crippen molar-refractivity contribution in [1.82, 2.24) is 0 Å². The van der Waals surface area contributed by atoms with Crippen molar-refractivity contribution in [3.05, 3.63) is 29.8 Å². The van der Waals surface area contributed by atoms with Crippen molar-refractivity contribution in [3.63, 3.8) is 0 Å². The molecule has 1 fully saturated rings. The lowest BCUT2D eigenvalue weighted by molar-refractivity contribution is 0.621. The van der Waals surface area contributed by atoms with Crippen LogP contribution in [0.5, 0.6) is 0 Å². The average molecular weight is 250 g/mol. The van der Waals surface area contributed by atoms with Crippen LogP contribution in [0, 0.1) is 0 Å². The highest BCUT2D eigenvalue weighted by Crippen LogP contribution is 2.32. The Bertz CT molecular complexity index is 378. The van der Waals surface area contributed by atoms with Crippen molar-refractivity contribution in [1.29, 1.82) is 0 Å². The van der Waals surface area contributed by atoms with Gasteiger partial charge in [-0.15, -0.1) is 0 Å². The Morgan fingerprint density at radius 1 is 1.35 bits per heavy atom. The fourth-order valence-electron chi connectivity index (χ4n) is 2.41. The minimum Gasteiger partial charge on any atom is -0.367 e. The van der Waals surface area contributed by atoms with Gasteiger partial charge >= 0.3 is 0 Å². The minimum absolute atomic E-state index is 0.100. The number of para-hydroxylation sites is 1. The summed E-state index contributed by atoms with van der Waals surface area (Å²) in [6, 6.07) is 9.23. The summed E-state index contributed by atoms with van der Waals surface area (Å²) in [7, 11) is 0. The van der Waals surface area contributed by atoms with E-state index in [1.807, 2.05) is 0 Å². The summed E-state index contributed by atoms with van der Waals surface area (Å²) in [5.41, 5.74) is 8.65. The molecule has 2 rings (SSSR count). The maximum Gasteiger partial charge on any atom is 0.0417 e. The monoisotopic (exact) mass is 250 g/mol. The molecule has 0 amide bonds. The van der Waals surface area contributed by atoms with Gasteiger partial charge in [0.2, 0.25) is 0 Å². The Hall–Kier alpha value is -0.670. The molecule has 2 unspecified atom stereocenters. The van der Waals surface area contributed by atoms with Crippen LogP contribution >= 0.6 is 11.8 Å². The van der Waals surface area contributed by atoms with Crippen molar-refractivity contribution < 1.29 is 0 Å². The largest absolute Gasteiger partial charge is 0.367 e. The molecular weight excluding hydrogens is 228 g/mol. The summed E-state index contributed by atoms with van der Waals surface area (Å²) in [6.45, 7) is 7.82. The molecule has 2 nitrogen and oxygen atoms in total. The zero-order chi connectivity index (χ0) is 12.4. The van der Waals surface area contributed by atoms with Crippen molar-refractivity contribution in [2.24, 2.45) is 5.73 Å². The van der Waals surface area contributed by atoms with Crippen molar-refractivity contribution in [2.45, 2.75) is 38.1 Å². The van der Waals surface area contributed by atoms with E-state index in [1.165, 1.54) is 17.0 Å². The summed E-state index contributed by atoms with van der Waals surface area (Å²) in [4.78, 5) is 2.51. The van der Waals surface area contributed by atoms with Crippen LogP contribution in [0.15, 0.2) is 24.3 Å². The van der Waals surface area contributed by atoms with Crippen LogP contribution in [-0.4, -0.2) is 23.6 Å². The molecule has 1 saturated heterocycles.